The molecule has 1 aliphatic rings. The molecular weight excluding hydrogens is 370 g/mol. The lowest BCUT2D eigenvalue weighted by atomic mass is 9.96. The Balaban J connectivity index is 1.71. The Hall–Kier alpha value is -3.22. The number of aryl methyl sites for hydroxylation is 1. The minimum absolute atomic E-state index is 0.144. The van der Waals surface area contributed by atoms with Gasteiger partial charge in [0, 0.05) is 18.7 Å². The Morgan fingerprint density at radius 3 is 2.83 bits per heavy atom. The highest BCUT2D eigenvalue weighted by molar-refractivity contribution is 6.07. The van der Waals surface area contributed by atoms with E-state index in [1.54, 1.807) is 24.8 Å². The summed E-state index contributed by atoms with van der Waals surface area (Å²) in [6.45, 7) is 4.88. The SMILES string of the molecule is CCOC(=O)[C@@H]1CCCN(C(=O)c2cc(-c3ccccc3)nc3onc(C)c23)C1. The van der Waals surface area contributed by atoms with Crippen LogP contribution in [0.25, 0.3) is 22.4 Å². The Labute approximate surface area is 168 Å². The third kappa shape index (κ3) is 3.72. The van der Waals surface area contributed by atoms with Crippen LogP contribution in [-0.4, -0.2) is 46.6 Å². The van der Waals surface area contributed by atoms with E-state index >= 15 is 0 Å². The summed E-state index contributed by atoms with van der Waals surface area (Å²) < 4.78 is 10.5. The average Bonchev–Trinajstić information content (AvgIpc) is 3.14. The van der Waals surface area contributed by atoms with E-state index in [1.807, 2.05) is 30.3 Å². The molecular formula is C22H23N3O4. The van der Waals surface area contributed by atoms with Gasteiger partial charge in [-0.05, 0) is 32.8 Å². The molecule has 3 heterocycles. The van der Waals surface area contributed by atoms with Crippen molar-refractivity contribution in [2.24, 2.45) is 5.92 Å². The predicted molar refractivity (Wildman–Crippen MR) is 107 cm³/mol. The number of rotatable bonds is 4. The van der Waals surface area contributed by atoms with Crippen LogP contribution in [0.5, 0.6) is 0 Å². The Morgan fingerprint density at radius 1 is 1.28 bits per heavy atom. The molecule has 0 spiro atoms. The molecule has 150 valence electrons. The first kappa shape index (κ1) is 19.1. The molecule has 0 aliphatic carbocycles. The van der Waals surface area contributed by atoms with Crippen LogP contribution in [0, 0.1) is 12.8 Å². The van der Waals surface area contributed by atoms with Crippen molar-refractivity contribution in [1.29, 1.82) is 0 Å². The lowest BCUT2D eigenvalue weighted by molar-refractivity contribution is -0.149. The first-order valence-corrected chi connectivity index (χ1v) is 9.86. The highest BCUT2D eigenvalue weighted by Gasteiger charge is 2.31. The van der Waals surface area contributed by atoms with E-state index in [4.69, 9.17) is 9.26 Å². The van der Waals surface area contributed by atoms with Gasteiger partial charge in [-0.3, -0.25) is 9.59 Å². The second-order valence-electron chi connectivity index (χ2n) is 7.21. The molecule has 1 fully saturated rings. The molecule has 1 atom stereocenters. The fourth-order valence-electron chi connectivity index (χ4n) is 3.80. The Morgan fingerprint density at radius 2 is 2.07 bits per heavy atom. The van der Waals surface area contributed by atoms with Gasteiger partial charge in [-0.2, -0.15) is 0 Å². The number of aromatic nitrogens is 2. The van der Waals surface area contributed by atoms with Crippen molar-refractivity contribution in [3.05, 3.63) is 47.7 Å². The summed E-state index contributed by atoms with van der Waals surface area (Å²) in [6.07, 6.45) is 1.49. The molecule has 1 aliphatic heterocycles. The first-order chi connectivity index (χ1) is 14.1. The predicted octanol–water partition coefficient (Wildman–Crippen LogP) is 3.61. The summed E-state index contributed by atoms with van der Waals surface area (Å²) in [6, 6.07) is 11.4. The van der Waals surface area contributed by atoms with Crippen molar-refractivity contribution in [1.82, 2.24) is 15.0 Å². The van der Waals surface area contributed by atoms with Gasteiger partial charge in [0.15, 0.2) is 0 Å². The molecule has 1 saturated heterocycles. The van der Waals surface area contributed by atoms with Gasteiger partial charge < -0.3 is 14.2 Å². The molecule has 3 aromatic rings. The zero-order valence-electron chi connectivity index (χ0n) is 16.6. The van der Waals surface area contributed by atoms with Gasteiger partial charge in [0.1, 0.15) is 0 Å². The van der Waals surface area contributed by atoms with Crippen molar-refractivity contribution >= 4 is 23.0 Å². The number of hydrogen-bond donors (Lipinski definition) is 0. The van der Waals surface area contributed by atoms with Gasteiger partial charge in [-0.25, -0.2) is 4.98 Å². The lowest BCUT2D eigenvalue weighted by Crippen LogP contribution is -2.42. The van der Waals surface area contributed by atoms with Crippen LogP contribution in [0.1, 0.15) is 35.8 Å². The molecule has 1 aromatic carbocycles. The monoisotopic (exact) mass is 393 g/mol. The topological polar surface area (TPSA) is 85.5 Å². The molecule has 0 saturated carbocycles. The van der Waals surface area contributed by atoms with Crippen LogP contribution in [0.15, 0.2) is 40.9 Å². The average molecular weight is 393 g/mol. The molecule has 0 bridgehead atoms. The van der Waals surface area contributed by atoms with Crippen LogP contribution < -0.4 is 0 Å². The van der Waals surface area contributed by atoms with Gasteiger partial charge in [-0.15, -0.1) is 0 Å². The quantitative estimate of drug-likeness (QED) is 0.630. The van der Waals surface area contributed by atoms with Crippen LogP contribution in [-0.2, 0) is 9.53 Å². The molecule has 0 N–H and O–H groups in total. The van der Waals surface area contributed by atoms with Crippen molar-refractivity contribution in [2.75, 3.05) is 19.7 Å². The van der Waals surface area contributed by atoms with Crippen molar-refractivity contribution < 1.29 is 18.8 Å². The smallest absolute Gasteiger partial charge is 0.310 e. The fourth-order valence-corrected chi connectivity index (χ4v) is 3.80. The minimum Gasteiger partial charge on any atom is -0.466 e. The van der Waals surface area contributed by atoms with Crippen LogP contribution in [0.4, 0.5) is 0 Å². The third-order valence-electron chi connectivity index (χ3n) is 5.25. The van der Waals surface area contributed by atoms with E-state index in [-0.39, 0.29) is 17.8 Å². The molecule has 0 unspecified atom stereocenters. The molecule has 1 amide bonds. The molecule has 4 rings (SSSR count). The fraction of sp³-hybridized carbons (Fsp3) is 0.364. The molecule has 7 heteroatoms. The molecule has 7 nitrogen and oxygen atoms in total. The van der Waals surface area contributed by atoms with E-state index in [2.05, 4.69) is 10.1 Å². The summed E-state index contributed by atoms with van der Waals surface area (Å²) >= 11 is 0. The molecule has 29 heavy (non-hydrogen) atoms. The number of piperidine rings is 1. The van der Waals surface area contributed by atoms with Gasteiger partial charge in [0.05, 0.1) is 34.9 Å². The van der Waals surface area contributed by atoms with Crippen molar-refractivity contribution in [3.8, 4) is 11.3 Å². The summed E-state index contributed by atoms with van der Waals surface area (Å²) in [5.74, 6) is -0.673. The van der Waals surface area contributed by atoms with Crippen molar-refractivity contribution in [2.45, 2.75) is 26.7 Å². The number of hydrogen-bond acceptors (Lipinski definition) is 6. The van der Waals surface area contributed by atoms with E-state index in [9.17, 15) is 9.59 Å². The Bertz CT molecular complexity index is 1040. The zero-order chi connectivity index (χ0) is 20.4. The number of benzene rings is 1. The first-order valence-electron chi connectivity index (χ1n) is 9.86. The largest absolute Gasteiger partial charge is 0.466 e. The maximum absolute atomic E-state index is 13.5. The summed E-state index contributed by atoms with van der Waals surface area (Å²) in [5.41, 5.74) is 3.00. The van der Waals surface area contributed by atoms with Gasteiger partial charge in [-0.1, -0.05) is 35.5 Å². The number of carbonyl (C=O) groups is 2. The number of pyridine rings is 1. The maximum Gasteiger partial charge on any atom is 0.310 e. The van der Waals surface area contributed by atoms with E-state index in [1.165, 1.54) is 0 Å². The third-order valence-corrected chi connectivity index (χ3v) is 5.25. The molecule has 0 radical (unpaired) electrons. The number of nitrogens with zero attached hydrogens (tertiary/aromatic N) is 3. The highest BCUT2D eigenvalue weighted by Crippen LogP contribution is 2.29. The van der Waals surface area contributed by atoms with Gasteiger partial charge >= 0.3 is 5.97 Å². The number of likely N-dealkylation sites (tertiary alicyclic amines) is 1. The van der Waals surface area contributed by atoms with E-state index in [0.717, 1.165) is 18.4 Å². The zero-order valence-corrected chi connectivity index (χ0v) is 16.6. The highest BCUT2D eigenvalue weighted by atomic mass is 16.5. The number of esters is 1. The van der Waals surface area contributed by atoms with Crippen LogP contribution in [0.2, 0.25) is 0 Å². The number of carbonyl (C=O) groups excluding carboxylic acids is 2. The second kappa shape index (κ2) is 8.03. The normalized spacial score (nSPS) is 16.8. The van der Waals surface area contributed by atoms with Crippen LogP contribution in [0.3, 0.4) is 0 Å². The van der Waals surface area contributed by atoms with Gasteiger partial charge in [0.2, 0.25) is 0 Å². The van der Waals surface area contributed by atoms with Gasteiger partial charge in [0.25, 0.3) is 11.6 Å². The molecule has 2 aromatic heterocycles. The number of fused-ring (bicyclic) bond motifs is 1. The lowest BCUT2D eigenvalue weighted by Gasteiger charge is -2.31. The number of ether oxygens (including phenoxy) is 1. The maximum atomic E-state index is 13.5. The standard InChI is InChI=1S/C22H23N3O4/c1-3-28-22(27)16-10-7-11-25(13-16)21(26)17-12-18(15-8-5-4-6-9-15)23-20-19(17)14(2)24-29-20/h4-6,8-9,12,16H,3,7,10-11,13H2,1-2H3/t16-/m1/s1. The van der Waals surface area contributed by atoms with E-state index in [0.29, 0.717) is 47.7 Å². The Kier molecular flexibility index (Phi) is 5.29. The van der Waals surface area contributed by atoms with Crippen LogP contribution >= 0.6 is 0 Å². The van der Waals surface area contributed by atoms with E-state index < -0.39 is 0 Å². The van der Waals surface area contributed by atoms with Crippen molar-refractivity contribution in [3.63, 3.8) is 0 Å². The second-order valence-corrected chi connectivity index (χ2v) is 7.21. The number of amides is 1. The summed E-state index contributed by atoms with van der Waals surface area (Å²) in [7, 11) is 0. The summed E-state index contributed by atoms with van der Waals surface area (Å²) in [4.78, 5) is 31.9. The summed E-state index contributed by atoms with van der Waals surface area (Å²) in [5, 5.41) is 4.62. The minimum atomic E-state index is -0.290.